The maximum Gasteiger partial charge on any atom is 0.251 e. The van der Waals surface area contributed by atoms with Gasteiger partial charge >= 0.3 is 0 Å². The van der Waals surface area contributed by atoms with Crippen molar-refractivity contribution in [3.05, 3.63) is 36.0 Å². The minimum Gasteiger partial charge on any atom is -0.397 e. The normalized spacial score (nSPS) is 10.2. The van der Waals surface area contributed by atoms with Crippen LogP contribution in [0.4, 0.5) is 11.4 Å². The van der Waals surface area contributed by atoms with Gasteiger partial charge in [0.2, 0.25) is 6.39 Å². The van der Waals surface area contributed by atoms with Crippen LogP contribution < -0.4 is 16.4 Å². The summed E-state index contributed by atoms with van der Waals surface area (Å²) in [4.78, 5) is 15.3. The zero-order chi connectivity index (χ0) is 13.7. The molecule has 0 unspecified atom stereocenters. The number of carbonyl (C=O) groups excluding carboxylic acids is 1. The number of carbonyl (C=O) groups is 1. The number of nitrogens with one attached hydrogen (secondary N) is 2. The fourth-order valence-electron chi connectivity index (χ4n) is 1.62. The number of nitrogens with zero attached hydrogens (tertiary/aromatic N) is 2. The van der Waals surface area contributed by atoms with Crippen LogP contribution in [-0.2, 0) is 6.42 Å². The predicted molar refractivity (Wildman–Crippen MR) is 70.7 cm³/mol. The van der Waals surface area contributed by atoms with Gasteiger partial charge in [-0.15, -0.1) is 0 Å². The number of aromatic nitrogens is 2. The van der Waals surface area contributed by atoms with Crippen molar-refractivity contribution in [2.45, 2.75) is 6.42 Å². The lowest BCUT2D eigenvalue weighted by atomic mass is 10.1. The molecule has 1 amide bonds. The van der Waals surface area contributed by atoms with Crippen molar-refractivity contribution in [3.63, 3.8) is 0 Å². The third-order valence-corrected chi connectivity index (χ3v) is 2.61. The number of benzene rings is 1. The lowest BCUT2D eigenvalue weighted by Crippen LogP contribution is -2.18. The number of hydrogen-bond acceptors (Lipinski definition) is 6. The van der Waals surface area contributed by atoms with Crippen LogP contribution in [0.3, 0.4) is 0 Å². The quantitative estimate of drug-likeness (QED) is 0.683. The zero-order valence-electron chi connectivity index (χ0n) is 10.5. The van der Waals surface area contributed by atoms with Gasteiger partial charge in [0.15, 0.2) is 5.82 Å². The first-order valence-corrected chi connectivity index (χ1v) is 5.81. The average molecular weight is 261 g/mol. The molecule has 0 saturated heterocycles. The van der Waals surface area contributed by atoms with Gasteiger partial charge in [-0.3, -0.25) is 4.79 Å². The van der Waals surface area contributed by atoms with Gasteiger partial charge in [0, 0.05) is 25.6 Å². The first-order valence-electron chi connectivity index (χ1n) is 5.81. The van der Waals surface area contributed by atoms with Crippen LogP contribution in [0.1, 0.15) is 16.2 Å². The molecule has 2 aromatic rings. The standard InChI is InChI=1S/C12H15N5O2/c1-14-12(18)8-2-3-10(9(13)6-8)15-5-4-11-16-7-19-17-11/h2-3,6-7,15H,4-5,13H2,1H3,(H,14,18). The van der Waals surface area contributed by atoms with E-state index in [9.17, 15) is 4.79 Å². The summed E-state index contributed by atoms with van der Waals surface area (Å²) in [7, 11) is 1.58. The van der Waals surface area contributed by atoms with Gasteiger partial charge in [0.25, 0.3) is 5.91 Å². The summed E-state index contributed by atoms with van der Waals surface area (Å²) in [5, 5.41) is 9.41. The smallest absolute Gasteiger partial charge is 0.251 e. The third kappa shape index (κ3) is 3.21. The monoisotopic (exact) mass is 261 g/mol. The van der Waals surface area contributed by atoms with E-state index in [1.54, 1.807) is 25.2 Å². The van der Waals surface area contributed by atoms with Gasteiger partial charge in [0.1, 0.15) is 0 Å². The molecule has 0 aliphatic heterocycles. The van der Waals surface area contributed by atoms with E-state index in [1.807, 2.05) is 0 Å². The fraction of sp³-hybridized carbons (Fsp3) is 0.250. The second kappa shape index (κ2) is 5.85. The first kappa shape index (κ1) is 12.9. The molecule has 100 valence electrons. The van der Waals surface area contributed by atoms with E-state index >= 15 is 0 Å². The maximum absolute atomic E-state index is 11.4. The molecule has 0 fully saturated rings. The molecule has 0 spiro atoms. The largest absolute Gasteiger partial charge is 0.397 e. The Bertz CT molecular complexity index is 553. The second-order valence-corrected chi connectivity index (χ2v) is 3.91. The van der Waals surface area contributed by atoms with Crippen molar-refractivity contribution in [2.24, 2.45) is 0 Å². The summed E-state index contributed by atoms with van der Waals surface area (Å²) in [5.74, 6) is 0.470. The summed E-state index contributed by atoms with van der Waals surface area (Å²) in [6, 6.07) is 5.12. The lowest BCUT2D eigenvalue weighted by Gasteiger charge is -2.09. The molecule has 1 aromatic heterocycles. The number of rotatable bonds is 5. The van der Waals surface area contributed by atoms with Gasteiger partial charge in [-0.05, 0) is 18.2 Å². The van der Waals surface area contributed by atoms with Crippen molar-refractivity contribution < 1.29 is 9.32 Å². The summed E-state index contributed by atoms with van der Waals surface area (Å²) >= 11 is 0. The van der Waals surface area contributed by atoms with E-state index in [4.69, 9.17) is 5.73 Å². The van der Waals surface area contributed by atoms with Crippen molar-refractivity contribution in [1.29, 1.82) is 0 Å². The molecule has 0 bridgehead atoms. The Morgan fingerprint density at radius 3 is 2.95 bits per heavy atom. The molecular formula is C12H15N5O2. The van der Waals surface area contributed by atoms with E-state index in [1.165, 1.54) is 6.39 Å². The summed E-state index contributed by atoms with van der Waals surface area (Å²) < 4.78 is 4.64. The van der Waals surface area contributed by atoms with Crippen LogP contribution in [0, 0.1) is 0 Å². The van der Waals surface area contributed by atoms with Crippen LogP contribution in [0.5, 0.6) is 0 Å². The average Bonchev–Trinajstić information content (AvgIpc) is 2.93. The van der Waals surface area contributed by atoms with E-state index in [2.05, 4.69) is 25.3 Å². The Morgan fingerprint density at radius 2 is 2.32 bits per heavy atom. The Morgan fingerprint density at radius 1 is 1.47 bits per heavy atom. The molecule has 7 heteroatoms. The third-order valence-electron chi connectivity index (χ3n) is 2.61. The van der Waals surface area contributed by atoms with Crippen molar-refractivity contribution >= 4 is 17.3 Å². The molecule has 0 atom stereocenters. The summed E-state index contributed by atoms with van der Waals surface area (Å²) in [5.41, 5.74) is 7.71. The molecule has 2 rings (SSSR count). The topological polar surface area (TPSA) is 106 Å². The molecule has 0 aliphatic rings. The molecule has 4 N–H and O–H groups in total. The Labute approximate surface area is 110 Å². The minimum atomic E-state index is -0.162. The van der Waals surface area contributed by atoms with Gasteiger partial charge < -0.3 is 20.9 Å². The van der Waals surface area contributed by atoms with Gasteiger partial charge in [-0.25, -0.2) is 0 Å². The molecule has 0 radical (unpaired) electrons. The second-order valence-electron chi connectivity index (χ2n) is 3.91. The maximum atomic E-state index is 11.4. The Balaban J connectivity index is 1.95. The SMILES string of the molecule is CNC(=O)c1ccc(NCCc2ncon2)c(N)c1. The number of nitrogen functional groups attached to an aromatic ring is 1. The van der Waals surface area contributed by atoms with Crippen LogP contribution in [0.2, 0.25) is 0 Å². The summed E-state index contributed by atoms with van der Waals surface area (Å²) in [6.07, 6.45) is 1.93. The van der Waals surface area contributed by atoms with E-state index in [-0.39, 0.29) is 5.91 Å². The van der Waals surface area contributed by atoms with E-state index in [0.29, 0.717) is 30.0 Å². The Hall–Kier alpha value is -2.57. The fourth-order valence-corrected chi connectivity index (χ4v) is 1.62. The van der Waals surface area contributed by atoms with Crippen molar-refractivity contribution in [2.75, 3.05) is 24.6 Å². The Kier molecular flexibility index (Phi) is 3.97. The molecule has 19 heavy (non-hydrogen) atoms. The first-order chi connectivity index (χ1) is 9.20. The molecule has 0 aliphatic carbocycles. The van der Waals surface area contributed by atoms with Crippen molar-refractivity contribution in [1.82, 2.24) is 15.5 Å². The lowest BCUT2D eigenvalue weighted by molar-refractivity contribution is 0.0963. The predicted octanol–water partition coefficient (Wildman–Crippen LogP) is 0.666. The van der Waals surface area contributed by atoms with Crippen molar-refractivity contribution in [3.8, 4) is 0 Å². The highest BCUT2D eigenvalue weighted by Gasteiger charge is 2.06. The van der Waals surface area contributed by atoms with Crippen LogP contribution in [0.25, 0.3) is 0 Å². The number of amides is 1. The minimum absolute atomic E-state index is 0.162. The van der Waals surface area contributed by atoms with Crippen LogP contribution in [0.15, 0.2) is 29.1 Å². The van der Waals surface area contributed by atoms with Gasteiger partial charge in [-0.1, -0.05) is 5.16 Å². The van der Waals surface area contributed by atoms with Gasteiger partial charge in [-0.2, -0.15) is 4.98 Å². The number of nitrogens with two attached hydrogens (primary N) is 1. The molecular weight excluding hydrogens is 246 g/mol. The highest BCUT2D eigenvalue weighted by atomic mass is 16.5. The number of hydrogen-bond donors (Lipinski definition) is 3. The van der Waals surface area contributed by atoms with Crippen LogP contribution >= 0.6 is 0 Å². The van der Waals surface area contributed by atoms with Crippen LogP contribution in [-0.4, -0.2) is 29.6 Å². The zero-order valence-corrected chi connectivity index (χ0v) is 10.5. The molecule has 1 heterocycles. The summed E-state index contributed by atoms with van der Waals surface area (Å²) in [6.45, 7) is 0.628. The molecule has 1 aromatic carbocycles. The highest BCUT2D eigenvalue weighted by molar-refractivity contribution is 5.95. The highest BCUT2D eigenvalue weighted by Crippen LogP contribution is 2.19. The molecule has 7 nitrogen and oxygen atoms in total. The van der Waals surface area contributed by atoms with Gasteiger partial charge in [0.05, 0.1) is 11.4 Å². The number of anilines is 2. The molecule has 0 saturated carbocycles. The van der Waals surface area contributed by atoms with E-state index < -0.39 is 0 Å². The van der Waals surface area contributed by atoms with E-state index in [0.717, 1.165) is 5.69 Å².